The van der Waals surface area contributed by atoms with Gasteiger partial charge in [-0.3, -0.25) is 4.79 Å². The first-order valence-electron chi connectivity index (χ1n) is 32.4. The zero-order valence-electron chi connectivity index (χ0n) is 49.2. The van der Waals surface area contributed by atoms with Crippen molar-refractivity contribution >= 4 is 5.91 Å². The summed E-state index contributed by atoms with van der Waals surface area (Å²) < 4.78 is 22.8. The highest BCUT2D eigenvalue weighted by Gasteiger charge is 2.51. The molecule has 456 valence electrons. The largest absolute Gasteiger partial charge is 0.394 e. The summed E-state index contributed by atoms with van der Waals surface area (Å²) in [6.07, 6.45) is 41.1. The maximum atomic E-state index is 13.3. The lowest BCUT2D eigenvalue weighted by atomic mass is 9.97. The van der Waals surface area contributed by atoms with Crippen molar-refractivity contribution in [3.63, 3.8) is 0 Å². The van der Waals surface area contributed by atoms with E-state index in [4.69, 9.17) is 18.9 Å². The van der Waals surface area contributed by atoms with Crippen LogP contribution in [0.25, 0.3) is 0 Å². The van der Waals surface area contributed by atoms with Gasteiger partial charge in [0, 0.05) is 6.42 Å². The molecule has 12 unspecified atom stereocenters. The molecule has 2 aliphatic heterocycles. The Morgan fingerprint density at radius 1 is 0.455 bits per heavy atom. The molecule has 0 spiro atoms. The molecule has 0 bridgehead atoms. The molecule has 2 rings (SSSR count). The van der Waals surface area contributed by atoms with Gasteiger partial charge in [0.15, 0.2) is 12.6 Å². The summed E-state index contributed by atoms with van der Waals surface area (Å²) in [5.74, 6) is -0.232. The van der Waals surface area contributed by atoms with Crippen LogP contribution < -0.4 is 5.32 Å². The summed E-state index contributed by atoms with van der Waals surface area (Å²) in [5, 5.41) is 87.3. The number of aliphatic hydroxyl groups is 8. The molecule has 2 aliphatic rings. The molecule has 0 radical (unpaired) electrons. The quantitative estimate of drug-likeness (QED) is 0.0204. The van der Waals surface area contributed by atoms with E-state index in [0.717, 1.165) is 38.5 Å². The SMILES string of the molecule is CCCCCCCCCCCCCCCCCCCCC/C=C/C(O)C(COC1OC(CO)C(OC2OC(CO)C(O)C(O)C2O)C(O)C1O)NC(=O)CCCCCCCCCCCCCCCCCCCCCCCC. The molecule has 0 aromatic rings. The molecule has 12 atom stereocenters. The lowest BCUT2D eigenvalue weighted by Crippen LogP contribution is -2.65. The van der Waals surface area contributed by atoms with E-state index in [1.54, 1.807) is 6.08 Å². The van der Waals surface area contributed by atoms with Crippen LogP contribution >= 0.6 is 0 Å². The lowest BCUT2D eigenvalue weighted by Gasteiger charge is -2.46. The van der Waals surface area contributed by atoms with Crippen LogP contribution in [0.1, 0.15) is 290 Å². The van der Waals surface area contributed by atoms with Crippen LogP contribution in [0.15, 0.2) is 12.2 Å². The Hall–Kier alpha value is -1.27. The van der Waals surface area contributed by atoms with Crippen molar-refractivity contribution in [3.05, 3.63) is 12.2 Å². The number of amides is 1. The van der Waals surface area contributed by atoms with Gasteiger partial charge < -0.3 is 65.1 Å². The summed E-state index contributed by atoms with van der Waals surface area (Å²) in [6.45, 7) is 2.85. The van der Waals surface area contributed by atoms with Gasteiger partial charge in [0.25, 0.3) is 0 Å². The van der Waals surface area contributed by atoms with Crippen LogP contribution in [0.4, 0.5) is 0 Å². The monoisotopic (exact) mass is 1100 g/mol. The Morgan fingerprint density at radius 3 is 1.19 bits per heavy atom. The van der Waals surface area contributed by atoms with Gasteiger partial charge in [-0.05, 0) is 19.3 Å². The number of aliphatic hydroxyl groups excluding tert-OH is 8. The molecule has 14 nitrogen and oxygen atoms in total. The molecule has 0 aromatic carbocycles. The number of unbranched alkanes of at least 4 members (excludes halogenated alkanes) is 40. The predicted octanol–water partition coefficient (Wildman–Crippen LogP) is 11.8. The van der Waals surface area contributed by atoms with E-state index < -0.39 is 86.8 Å². The molecule has 0 aliphatic carbocycles. The van der Waals surface area contributed by atoms with Crippen LogP contribution in [-0.2, 0) is 23.7 Å². The van der Waals surface area contributed by atoms with Gasteiger partial charge in [-0.15, -0.1) is 0 Å². The van der Waals surface area contributed by atoms with Crippen LogP contribution in [-0.4, -0.2) is 140 Å². The number of ether oxygens (including phenoxy) is 4. The van der Waals surface area contributed by atoms with E-state index in [0.29, 0.717) is 6.42 Å². The molecule has 2 fully saturated rings. The smallest absolute Gasteiger partial charge is 0.220 e. The summed E-state index contributed by atoms with van der Waals surface area (Å²) >= 11 is 0. The predicted molar refractivity (Wildman–Crippen MR) is 309 cm³/mol. The lowest BCUT2D eigenvalue weighted by molar-refractivity contribution is -0.359. The minimum atomic E-state index is -1.79. The van der Waals surface area contributed by atoms with Gasteiger partial charge in [-0.25, -0.2) is 0 Å². The van der Waals surface area contributed by atoms with Gasteiger partial charge in [0.2, 0.25) is 5.91 Å². The van der Waals surface area contributed by atoms with Gasteiger partial charge in [-0.1, -0.05) is 276 Å². The third-order valence-corrected chi connectivity index (χ3v) is 16.2. The van der Waals surface area contributed by atoms with E-state index in [9.17, 15) is 45.6 Å². The second-order valence-electron chi connectivity index (χ2n) is 23.3. The Balaban J connectivity index is 1.73. The average Bonchev–Trinajstić information content (AvgIpc) is 3.44. The third-order valence-electron chi connectivity index (χ3n) is 16.2. The van der Waals surface area contributed by atoms with Crippen molar-refractivity contribution in [1.82, 2.24) is 5.32 Å². The summed E-state index contributed by atoms with van der Waals surface area (Å²) in [5.41, 5.74) is 0. The normalized spacial score (nSPS) is 24.7. The molecule has 1 amide bonds. The van der Waals surface area contributed by atoms with Crippen molar-refractivity contribution in [3.8, 4) is 0 Å². The fourth-order valence-corrected chi connectivity index (χ4v) is 11.0. The van der Waals surface area contributed by atoms with Crippen LogP contribution in [0, 0.1) is 0 Å². The molecule has 14 heteroatoms. The Morgan fingerprint density at radius 2 is 0.805 bits per heavy atom. The van der Waals surface area contributed by atoms with Gasteiger partial charge in [0.1, 0.15) is 48.8 Å². The first kappa shape index (κ1) is 71.8. The van der Waals surface area contributed by atoms with Gasteiger partial charge in [-0.2, -0.15) is 0 Å². The molecule has 2 saturated heterocycles. The fraction of sp³-hybridized carbons (Fsp3) is 0.952. The number of hydrogen-bond acceptors (Lipinski definition) is 13. The van der Waals surface area contributed by atoms with E-state index in [-0.39, 0.29) is 18.9 Å². The van der Waals surface area contributed by atoms with E-state index in [2.05, 4.69) is 19.2 Å². The van der Waals surface area contributed by atoms with Crippen molar-refractivity contribution in [2.24, 2.45) is 0 Å². The van der Waals surface area contributed by atoms with Crippen molar-refractivity contribution in [2.45, 2.75) is 364 Å². The standard InChI is InChI=1S/C63H121NO13/c1-3-5-7-9-11-13-15-17-19-21-23-25-27-29-31-33-35-37-39-41-43-45-47-55(68)64-51(52(67)46-44-42-40-38-36-34-32-30-28-26-24-22-20-18-16-14-12-10-8-6-4-2)50-74-62-60(73)58(71)61(54(49-66)76-62)77-63-59(72)57(70)56(69)53(48-65)75-63/h44,46,51-54,56-63,65-67,69-73H,3-43,45,47-50H2,1-2H3,(H,64,68)/b46-44+. The van der Waals surface area contributed by atoms with Crippen LogP contribution in [0.2, 0.25) is 0 Å². The second-order valence-corrected chi connectivity index (χ2v) is 23.3. The van der Waals surface area contributed by atoms with Crippen molar-refractivity contribution in [1.29, 1.82) is 0 Å². The molecular weight excluding hydrogens is 979 g/mol. The maximum Gasteiger partial charge on any atom is 0.220 e. The Kier molecular flexibility index (Phi) is 46.0. The molecule has 77 heavy (non-hydrogen) atoms. The summed E-state index contributed by atoms with van der Waals surface area (Å²) in [6, 6.07) is -0.910. The van der Waals surface area contributed by atoms with E-state index in [1.807, 2.05) is 6.08 Å². The molecular formula is C63H121NO13. The number of nitrogens with one attached hydrogen (secondary N) is 1. The third kappa shape index (κ3) is 34.7. The second kappa shape index (κ2) is 49.3. The van der Waals surface area contributed by atoms with E-state index in [1.165, 1.54) is 225 Å². The highest BCUT2D eigenvalue weighted by molar-refractivity contribution is 5.76. The van der Waals surface area contributed by atoms with Gasteiger partial charge >= 0.3 is 0 Å². The van der Waals surface area contributed by atoms with Crippen molar-refractivity contribution in [2.75, 3.05) is 19.8 Å². The highest BCUT2D eigenvalue weighted by Crippen LogP contribution is 2.30. The van der Waals surface area contributed by atoms with E-state index >= 15 is 0 Å². The topological polar surface area (TPSA) is 228 Å². The molecule has 9 N–H and O–H groups in total. The van der Waals surface area contributed by atoms with Crippen LogP contribution in [0.3, 0.4) is 0 Å². The molecule has 0 aromatic heterocycles. The number of rotatable bonds is 53. The van der Waals surface area contributed by atoms with Crippen LogP contribution in [0.5, 0.6) is 0 Å². The number of hydrogen-bond donors (Lipinski definition) is 9. The number of carbonyl (C=O) groups is 1. The zero-order valence-corrected chi connectivity index (χ0v) is 49.2. The Labute approximate surface area is 469 Å². The first-order valence-corrected chi connectivity index (χ1v) is 32.4. The zero-order chi connectivity index (χ0) is 56.0. The first-order chi connectivity index (χ1) is 37.6. The molecule has 0 saturated carbocycles. The molecule has 2 heterocycles. The fourth-order valence-electron chi connectivity index (χ4n) is 11.0. The van der Waals surface area contributed by atoms with Gasteiger partial charge in [0.05, 0.1) is 32.0 Å². The summed E-state index contributed by atoms with van der Waals surface area (Å²) in [7, 11) is 0. The minimum absolute atomic E-state index is 0.232. The maximum absolute atomic E-state index is 13.3. The number of carbonyl (C=O) groups excluding carboxylic acids is 1. The number of allylic oxidation sites excluding steroid dienone is 1. The highest BCUT2D eigenvalue weighted by atomic mass is 16.7. The summed E-state index contributed by atoms with van der Waals surface area (Å²) in [4.78, 5) is 13.3. The Bertz CT molecular complexity index is 1340. The minimum Gasteiger partial charge on any atom is -0.394 e. The average molecular weight is 1100 g/mol. The van der Waals surface area contributed by atoms with Crippen molar-refractivity contribution < 1.29 is 64.6 Å².